The van der Waals surface area contributed by atoms with Gasteiger partial charge in [0.15, 0.2) is 17.3 Å². The molecule has 4 aromatic rings. The van der Waals surface area contributed by atoms with Crippen LogP contribution in [0.3, 0.4) is 0 Å². The van der Waals surface area contributed by atoms with Crippen LogP contribution in [-0.4, -0.2) is 30.6 Å². The predicted molar refractivity (Wildman–Crippen MR) is 112 cm³/mol. The lowest BCUT2D eigenvalue weighted by Gasteiger charge is -2.15. The van der Waals surface area contributed by atoms with Crippen LogP contribution in [0.5, 0.6) is 0 Å². The summed E-state index contributed by atoms with van der Waals surface area (Å²) >= 11 is 0. The maximum Gasteiger partial charge on any atom is 0.261 e. The Hall–Kier alpha value is -3.55. The standard InChI is InChI=1S/C22H24N6O2/c1-3-9-18-24-22(30-27-18)17-12-8-13-28-19(25-26-20(17)28)14-23-21(29)16(4-2)15-10-6-5-7-11-15/h5-8,10-13,16H,3-4,9,14H2,1-2H3,(H,23,29)/t16-/m1/s1. The molecule has 4 rings (SSSR count). The van der Waals surface area contributed by atoms with Gasteiger partial charge in [0.2, 0.25) is 5.91 Å². The van der Waals surface area contributed by atoms with E-state index in [1.165, 1.54) is 0 Å². The topological polar surface area (TPSA) is 98.2 Å². The zero-order valence-electron chi connectivity index (χ0n) is 17.1. The third-order valence-corrected chi connectivity index (χ3v) is 5.02. The summed E-state index contributed by atoms with van der Waals surface area (Å²) in [5, 5.41) is 15.6. The molecule has 1 amide bonds. The Morgan fingerprint density at radius 3 is 2.73 bits per heavy atom. The molecule has 8 nitrogen and oxygen atoms in total. The molecule has 30 heavy (non-hydrogen) atoms. The lowest BCUT2D eigenvalue weighted by molar-refractivity contribution is -0.122. The van der Waals surface area contributed by atoms with E-state index in [1.807, 2.05) is 60.0 Å². The molecule has 0 bridgehead atoms. The van der Waals surface area contributed by atoms with E-state index in [1.54, 1.807) is 0 Å². The highest BCUT2D eigenvalue weighted by Crippen LogP contribution is 2.23. The van der Waals surface area contributed by atoms with Gasteiger partial charge in [0.05, 0.1) is 18.0 Å². The van der Waals surface area contributed by atoms with Crippen LogP contribution in [0.25, 0.3) is 17.1 Å². The number of nitrogens with one attached hydrogen (secondary N) is 1. The number of aryl methyl sites for hydroxylation is 1. The van der Waals surface area contributed by atoms with Crippen LogP contribution in [0.1, 0.15) is 49.8 Å². The molecule has 0 saturated heterocycles. The predicted octanol–water partition coefficient (Wildman–Crippen LogP) is 3.54. The van der Waals surface area contributed by atoms with Gasteiger partial charge < -0.3 is 9.84 Å². The van der Waals surface area contributed by atoms with E-state index in [0.717, 1.165) is 24.8 Å². The van der Waals surface area contributed by atoms with Gasteiger partial charge in [0.1, 0.15) is 0 Å². The number of carbonyl (C=O) groups is 1. The zero-order chi connectivity index (χ0) is 20.9. The Balaban J connectivity index is 1.53. The number of amides is 1. The van der Waals surface area contributed by atoms with E-state index in [0.29, 0.717) is 28.8 Å². The average Bonchev–Trinajstić information content (AvgIpc) is 3.41. The third kappa shape index (κ3) is 3.94. The maximum atomic E-state index is 12.8. The van der Waals surface area contributed by atoms with Crippen LogP contribution in [0.4, 0.5) is 0 Å². The third-order valence-electron chi connectivity index (χ3n) is 5.02. The molecule has 1 aromatic carbocycles. The molecular weight excluding hydrogens is 380 g/mol. The Kier molecular flexibility index (Phi) is 5.83. The summed E-state index contributed by atoms with van der Waals surface area (Å²) in [6.45, 7) is 4.35. The molecule has 0 unspecified atom stereocenters. The number of aromatic nitrogens is 5. The first-order valence-corrected chi connectivity index (χ1v) is 10.2. The number of rotatable bonds is 8. The van der Waals surface area contributed by atoms with Crippen molar-refractivity contribution in [2.45, 2.75) is 45.6 Å². The van der Waals surface area contributed by atoms with Crippen molar-refractivity contribution in [1.82, 2.24) is 30.1 Å². The Labute approximate surface area is 174 Å². The first-order chi connectivity index (χ1) is 14.7. The highest BCUT2D eigenvalue weighted by atomic mass is 16.5. The van der Waals surface area contributed by atoms with E-state index in [-0.39, 0.29) is 18.4 Å². The van der Waals surface area contributed by atoms with Gasteiger partial charge in [-0.1, -0.05) is 49.3 Å². The fourth-order valence-electron chi connectivity index (χ4n) is 3.49. The van der Waals surface area contributed by atoms with Gasteiger partial charge in [0.25, 0.3) is 5.89 Å². The molecule has 3 aromatic heterocycles. The summed E-state index contributed by atoms with van der Waals surface area (Å²) in [5.74, 6) is 1.50. The molecule has 1 atom stereocenters. The number of pyridine rings is 1. The maximum absolute atomic E-state index is 12.8. The van der Waals surface area contributed by atoms with Gasteiger partial charge in [-0.2, -0.15) is 4.98 Å². The Morgan fingerprint density at radius 1 is 1.13 bits per heavy atom. The number of hydrogen-bond acceptors (Lipinski definition) is 6. The highest BCUT2D eigenvalue weighted by Gasteiger charge is 2.20. The quantitative estimate of drug-likeness (QED) is 0.482. The number of benzene rings is 1. The fraction of sp³-hybridized carbons (Fsp3) is 0.318. The molecular formula is C22H24N6O2. The molecule has 154 valence electrons. The highest BCUT2D eigenvalue weighted by molar-refractivity contribution is 5.83. The largest absolute Gasteiger partial charge is 0.348 e. The van der Waals surface area contributed by atoms with Crippen molar-refractivity contribution in [3.63, 3.8) is 0 Å². The van der Waals surface area contributed by atoms with E-state index >= 15 is 0 Å². The Morgan fingerprint density at radius 2 is 1.97 bits per heavy atom. The van der Waals surface area contributed by atoms with E-state index in [2.05, 4.69) is 32.6 Å². The van der Waals surface area contributed by atoms with Crippen molar-refractivity contribution in [2.24, 2.45) is 0 Å². The van der Waals surface area contributed by atoms with Crippen LogP contribution in [0.15, 0.2) is 53.2 Å². The second-order valence-corrected chi connectivity index (χ2v) is 7.09. The molecule has 0 spiro atoms. The van der Waals surface area contributed by atoms with Gasteiger partial charge in [-0.3, -0.25) is 9.20 Å². The van der Waals surface area contributed by atoms with E-state index in [4.69, 9.17) is 4.52 Å². The molecule has 8 heteroatoms. The van der Waals surface area contributed by atoms with Crippen LogP contribution >= 0.6 is 0 Å². The zero-order valence-corrected chi connectivity index (χ0v) is 17.1. The van der Waals surface area contributed by atoms with Crippen molar-refractivity contribution in [3.8, 4) is 11.5 Å². The molecule has 0 fully saturated rings. The molecule has 3 heterocycles. The first-order valence-electron chi connectivity index (χ1n) is 10.2. The molecule has 0 aliphatic rings. The lowest BCUT2D eigenvalue weighted by atomic mass is 9.96. The summed E-state index contributed by atoms with van der Waals surface area (Å²) < 4.78 is 7.24. The average molecular weight is 404 g/mol. The molecule has 0 saturated carbocycles. The van der Waals surface area contributed by atoms with Gasteiger partial charge >= 0.3 is 0 Å². The van der Waals surface area contributed by atoms with Crippen molar-refractivity contribution in [2.75, 3.05) is 0 Å². The number of fused-ring (bicyclic) bond motifs is 1. The molecule has 1 N–H and O–H groups in total. The van der Waals surface area contributed by atoms with Crippen molar-refractivity contribution in [3.05, 3.63) is 65.9 Å². The van der Waals surface area contributed by atoms with Crippen LogP contribution in [-0.2, 0) is 17.8 Å². The second kappa shape index (κ2) is 8.86. The van der Waals surface area contributed by atoms with Crippen molar-refractivity contribution >= 4 is 11.6 Å². The van der Waals surface area contributed by atoms with Gasteiger partial charge in [-0.25, -0.2) is 0 Å². The minimum Gasteiger partial charge on any atom is -0.348 e. The number of nitrogens with zero attached hydrogens (tertiary/aromatic N) is 5. The monoisotopic (exact) mass is 404 g/mol. The van der Waals surface area contributed by atoms with Gasteiger partial charge in [-0.05, 0) is 30.5 Å². The molecule has 0 aliphatic carbocycles. The van der Waals surface area contributed by atoms with Crippen LogP contribution < -0.4 is 5.32 Å². The van der Waals surface area contributed by atoms with Crippen molar-refractivity contribution in [1.29, 1.82) is 0 Å². The van der Waals surface area contributed by atoms with Crippen LogP contribution in [0, 0.1) is 0 Å². The first kappa shape index (κ1) is 19.8. The normalized spacial score (nSPS) is 12.2. The minimum atomic E-state index is -0.198. The second-order valence-electron chi connectivity index (χ2n) is 7.09. The molecule has 0 aliphatic heterocycles. The van der Waals surface area contributed by atoms with Gasteiger partial charge in [-0.15, -0.1) is 10.2 Å². The minimum absolute atomic E-state index is 0.0299. The lowest BCUT2D eigenvalue weighted by Crippen LogP contribution is -2.29. The van der Waals surface area contributed by atoms with E-state index < -0.39 is 0 Å². The summed E-state index contributed by atoms with van der Waals surface area (Å²) in [7, 11) is 0. The summed E-state index contributed by atoms with van der Waals surface area (Å²) in [4.78, 5) is 17.2. The van der Waals surface area contributed by atoms with Gasteiger partial charge in [0, 0.05) is 12.6 Å². The smallest absolute Gasteiger partial charge is 0.261 e. The van der Waals surface area contributed by atoms with Crippen molar-refractivity contribution < 1.29 is 9.32 Å². The number of carbonyl (C=O) groups excluding carboxylic acids is 1. The SMILES string of the molecule is CCCc1noc(-c2cccn3c(CNC(=O)[C@H](CC)c4ccccc4)nnc23)n1. The summed E-state index contributed by atoms with van der Waals surface area (Å²) in [5.41, 5.74) is 2.34. The van der Waals surface area contributed by atoms with Crippen LogP contribution in [0.2, 0.25) is 0 Å². The number of hydrogen-bond donors (Lipinski definition) is 1. The van der Waals surface area contributed by atoms with E-state index in [9.17, 15) is 4.79 Å². The fourth-order valence-corrected chi connectivity index (χ4v) is 3.49. The summed E-state index contributed by atoms with van der Waals surface area (Å²) in [6, 6.07) is 13.5. The Bertz CT molecular complexity index is 1130. The summed E-state index contributed by atoms with van der Waals surface area (Å²) in [6.07, 6.45) is 4.28. The molecule has 0 radical (unpaired) electrons.